The Kier molecular flexibility index (Phi) is 4.53. The molecular weight excluding hydrogens is 290 g/mol. The fourth-order valence-electron chi connectivity index (χ4n) is 1.79. The first kappa shape index (κ1) is 15.4. The minimum absolute atomic E-state index is 0.361. The zero-order valence-electron chi connectivity index (χ0n) is 12.2. The van der Waals surface area contributed by atoms with Gasteiger partial charge in [0.1, 0.15) is 5.60 Å². The van der Waals surface area contributed by atoms with Gasteiger partial charge in [0.05, 0.1) is 6.20 Å². The van der Waals surface area contributed by atoms with Crippen molar-refractivity contribution < 1.29 is 9.53 Å². The molecule has 2 N–H and O–H groups in total. The number of amides is 1. The van der Waals surface area contributed by atoms with Gasteiger partial charge < -0.3 is 10.1 Å². The van der Waals surface area contributed by atoms with Crippen molar-refractivity contribution in [2.24, 2.45) is 0 Å². The van der Waals surface area contributed by atoms with E-state index < -0.39 is 11.7 Å². The van der Waals surface area contributed by atoms with Crippen molar-refractivity contribution in [3.8, 4) is 11.1 Å². The lowest BCUT2D eigenvalue weighted by Gasteiger charge is -2.19. The third-order valence-corrected chi connectivity index (χ3v) is 2.99. The number of rotatable bonds is 3. The van der Waals surface area contributed by atoms with Crippen LogP contribution in [0.15, 0.2) is 30.6 Å². The Morgan fingerprint density at radius 1 is 1.43 bits per heavy atom. The van der Waals surface area contributed by atoms with Crippen LogP contribution in [0.5, 0.6) is 0 Å². The molecule has 6 heteroatoms. The largest absolute Gasteiger partial charge is 0.444 e. The Morgan fingerprint density at radius 3 is 2.76 bits per heavy atom. The summed E-state index contributed by atoms with van der Waals surface area (Å²) in [5.74, 6) is 0. The molecule has 1 aromatic heterocycles. The highest BCUT2D eigenvalue weighted by atomic mass is 35.5. The van der Waals surface area contributed by atoms with Crippen LogP contribution in [0.2, 0.25) is 5.02 Å². The van der Waals surface area contributed by atoms with Crippen LogP contribution in [0.1, 0.15) is 26.3 Å². The molecule has 21 heavy (non-hydrogen) atoms. The van der Waals surface area contributed by atoms with Crippen LogP contribution in [0.4, 0.5) is 4.79 Å². The number of carbonyl (C=O) groups is 1. The molecule has 0 aliphatic heterocycles. The molecule has 0 aliphatic carbocycles. The van der Waals surface area contributed by atoms with E-state index in [1.54, 1.807) is 12.4 Å². The summed E-state index contributed by atoms with van der Waals surface area (Å²) in [6, 6.07) is 5.63. The van der Waals surface area contributed by atoms with E-state index in [0.29, 0.717) is 11.6 Å². The maximum absolute atomic E-state index is 11.6. The predicted octanol–water partition coefficient (Wildman–Crippen LogP) is 3.75. The van der Waals surface area contributed by atoms with Crippen LogP contribution in [-0.2, 0) is 11.3 Å². The Labute approximate surface area is 128 Å². The lowest BCUT2D eigenvalue weighted by molar-refractivity contribution is 0.0523. The molecule has 5 nitrogen and oxygen atoms in total. The van der Waals surface area contributed by atoms with E-state index in [2.05, 4.69) is 15.5 Å². The van der Waals surface area contributed by atoms with Gasteiger partial charge in [0.25, 0.3) is 0 Å². The summed E-state index contributed by atoms with van der Waals surface area (Å²) in [4.78, 5) is 11.6. The molecule has 0 aliphatic rings. The van der Waals surface area contributed by atoms with Gasteiger partial charge in [0.15, 0.2) is 0 Å². The Bertz CT molecular complexity index is 618. The molecule has 0 atom stereocenters. The molecule has 0 bridgehead atoms. The van der Waals surface area contributed by atoms with E-state index in [4.69, 9.17) is 16.3 Å². The summed E-state index contributed by atoms with van der Waals surface area (Å²) < 4.78 is 5.18. The Morgan fingerprint density at radius 2 is 2.19 bits per heavy atom. The zero-order valence-corrected chi connectivity index (χ0v) is 13.0. The third kappa shape index (κ3) is 4.49. The Hall–Kier alpha value is -2.01. The number of aromatic nitrogens is 2. The number of H-pyrrole nitrogens is 1. The van der Waals surface area contributed by atoms with Crippen molar-refractivity contribution in [2.45, 2.75) is 32.9 Å². The van der Waals surface area contributed by atoms with Crippen LogP contribution in [0, 0.1) is 0 Å². The van der Waals surface area contributed by atoms with Gasteiger partial charge in [-0.15, -0.1) is 0 Å². The molecule has 1 heterocycles. The highest BCUT2D eigenvalue weighted by Crippen LogP contribution is 2.27. The van der Waals surface area contributed by atoms with Crippen LogP contribution in [-0.4, -0.2) is 21.9 Å². The molecule has 1 amide bonds. The van der Waals surface area contributed by atoms with E-state index in [9.17, 15) is 4.79 Å². The van der Waals surface area contributed by atoms with Crippen LogP contribution < -0.4 is 5.32 Å². The van der Waals surface area contributed by atoms with Gasteiger partial charge in [-0.1, -0.05) is 23.7 Å². The molecule has 0 spiro atoms. The smallest absolute Gasteiger partial charge is 0.407 e. The van der Waals surface area contributed by atoms with E-state index in [0.717, 1.165) is 16.7 Å². The van der Waals surface area contributed by atoms with Crippen LogP contribution in [0.25, 0.3) is 11.1 Å². The second-order valence-electron chi connectivity index (χ2n) is 5.66. The topological polar surface area (TPSA) is 67.0 Å². The number of halogens is 1. The molecule has 0 unspecified atom stereocenters. The average Bonchev–Trinajstić information content (AvgIpc) is 2.88. The highest BCUT2D eigenvalue weighted by Gasteiger charge is 2.15. The molecule has 2 aromatic rings. The fraction of sp³-hybridized carbons (Fsp3) is 0.333. The second kappa shape index (κ2) is 6.18. The number of hydrogen-bond donors (Lipinski definition) is 2. The molecule has 0 saturated heterocycles. The maximum atomic E-state index is 11.6. The van der Waals surface area contributed by atoms with Crippen molar-refractivity contribution >= 4 is 17.7 Å². The monoisotopic (exact) mass is 307 g/mol. The standard InChI is InChI=1S/C15H18ClN3O2/c1-15(2,3)21-14(20)17-7-10-4-5-12(13(16)6-10)11-8-18-19-9-11/h4-6,8-9H,7H2,1-3H3,(H,17,20)(H,18,19). The fourth-order valence-corrected chi connectivity index (χ4v) is 2.10. The minimum atomic E-state index is -0.507. The molecular formula is C15H18ClN3O2. The molecule has 0 saturated carbocycles. The average molecular weight is 308 g/mol. The SMILES string of the molecule is CC(C)(C)OC(=O)NCc1ccc(-c2cn[nH]c2)c(Cl)c1. The lowest BCUT2D eigenvalue weighted by atomic mass is 10.1. The predicted molar refractivity (Wildman–Crippen MR) is 82.1 cm³/mol. The summed E-state index contributed by atoms with van der Waals surface area (Å²) in [6.07, 6.45) is 3.04. The number of benzene rings is 1. The number of aromatic amines is 1. The quantitative estimate of drug-likeness (QED) is 0.907. The van der Waals surface area contributed by atoms with Gasteiger partial charge in [-0.2, -0.15) is 5.10 Å². The summed E-state index contributed by atoms with van der Waals surface area (Å²) >= 11 is 6.26. The number of carbonyl (C=O) groups excluding carboxylic acids is 1. The molecule has 112 valence electrons. The van der Waals surface area contributed by atoms with Crippen molar-refractivity contribution in [2.75, 3.05) is 0 Å². The number of alkyl carbamates (subject to hydrolysis) is 1. The maximum Gasteiger partial charge on any atom is 0.407 e. The van der Waals surface area contributed by atoms with Crippen molar-refractivity contribution in [3.63, 3.8) is 0 Å². The molecule has 1 aromatic carbocycles. The number of nitrogens with one attached hydrogen (secondary N) is 2. The minimum Gasteiger partial charge on any atom is -0.444 e. The third-order valence-electron chi connectivity index (χ3n) is 2.68. The highest BCUT2D eigenvalue weighted by molar-refractivity contribution is 6.33. The first-order valence-electron chi connectivity index (χ1n) is 6.59. The van der Waals surface area contributed by atoms with Crippen molar-refractivity contribution in [1.82, 2.24) is 15.5 Å². The van der Waals surface area contributed by atoms with Gasteiger partial charge in [-0.3, -0.25) is 5.10 Å². The van der Waals surface area contributed by atoms with E-state index in [1.807, 2.05) is 39.0 Å². The van der Waals surface area contributed by atoms with Gasteiger partial charge in [-0.05, 0) is 32.4 Å². The lowest BCUT2D eigenvalue weighted by Crippen LogP contribution is -2.32. The van der Waals surface area contributed by atoms with Gasteiger partial charge >= 0.3 is 6.09 Å². The first-order valence-corrected chi connectivity index (χ1v) is 6.97. The normalized spacial score (nSPS) is 11.2. The summed E-state index contributed by atoms with van der Waals surface area (Å²) in [5.41, 5.74) is 2.21. The van der Waals surface area contributed by atoms with Crippen LogP contribution >= 0.6 is 11.6 Å². The van der Waals surface area contributed by atoms with Crippen molar-refractivity contribution in [1.29, 1.82) is 0 Å². The second-order valence-corrected chi connectivity index (χ2v) is 6.06. The van der Waals surface area contributed by atoms with E-state index in [1.165, 1.54) is 0 Å². The molecule has 0 fully saturated rings. The van der Waals surface area contributed by atoms with E-state index in [-0.39, 0.29) is 0 Å². The van der Waals surface area contributed by atoms with Crippen LogP contribution in [0.3, 0.4) is 0 Å². The number of ether oxygens (including phenoxy) is 1. The molecule has 2 rings (SSSR count). The van der Waals surface area contributed by atoms with Crippen molar-refractivity contribution in [3.05, 3.63) is 41.2 Å². The number of hydrogen-bond acceptors (Lipinski definition) is 3. The summed E-state index contributed by atoms with van der Waals surface area (Å²) in [7, 11) is 0. The first-order chi connectivity index (χ1) is 9.85. The van der Waals surface area contributed by atoms with Gasteiger partial charge in [0, 0.05) is 28.9 Å². The van der Waals surface area contributed by atoms with E-state index >= 15 is 0 Å². The summed E-state index contributed by atoms with van der Waals surface area (Å²) in [6.45, 7) is 5.83. The number of nitrogens with zero attached hydrogens (tertiary/aromatic N) is 1. The Balaban J connectivity index is 2.00. The van der Waals surface area contributed by atoms with Gasteiger partial charge in [0.2, 0.25) is 0 Å². The zero-order chi connectivity index (χ0) is 15.5. The summed E-state index contributed by atoms with van der Waals surface area (Å²) in [5, 5.41) is 9.96. The molecule has 0 radical (unpaired) electrons. The van der Waals surface area contributed by atoms with Gasteiger partial charge in [-0.25, -0.2) is 4.79 Å².